The molecule has 1 atom stereocenters. The highest BCUT2D eigenvalue weighted by Gasteiger charge is 2.24. The van der Waals surface area contributed by atoms with E-state index in [0.29, 0.717) is 30.0 Å². The molecule has 7 heteroatoms. The molecule has 4 rings (SSSR count). The van der Waals surface area contributed by atoms with E-state index in [2.05, 4.69) is 9.88 Å². The Hall–Kier alpha value is -2.25. The first kappa shape index (κ1) is 18.1. The standard InChI is InChI=1S/C20H26N4O3/c25-19(23-11-9-22(10-12-23)14-16-4-3-13-27-16)7-8-24-15-21-18-6-2-1-5-17(18)20(24)26/h1-2,5-6,15-16H,3-4,7-14H2. The number of fused-ring (bicyclic) bond motifs is 1. The number of para-hydroxylation sites is 1. The summed E-state index contributed by atoms with van der Waals surface area (Å²) in [5, 5.41) is 0.593. The number of amides is 1. The van der Waals surface area contributed by atoms with E-state index >= 15 is 0 Å². The fraction of sp³-hybridized carbons (Fsp3) is 0.550. The van der Waals surface area contributed by atoms with Crippen molar-refractivity contribution < 1.29 is 9.53 Å². The summed E-state index contributed by atoms with van der Waals surface area (Å²) in [4.78, 5) is 33.7. The Morgan fingerprint density at radius 3 is 2.78 bits per heavy atom. The molecule has 2 aromatic rings. The third-order valence-electron chi connectivity index (χ3n) is 5.51. The van der Waals surface area contributed by atoms with Crippen molar-refractivity contribution in [1.82, 2.24) is 19.4 Å². The fourth-order valence-corrected chi connectivity index (χ4v) is 3.90. The predicted octanol–water partition coefficient (Wildman–Crippen LogP) is 1.11. The number of aryl methyl sites for hydroxylation is 1. The predicted molar refractivity (Wildman–Crippen MR) is 103 cm³/mol. The first-order valence-corrected chi connectivity index (χ1v) is 9.76. The molecule has 1 amide bonds. The second kappa shape index (κ2) is 8.19. The summed E-state index contributed by atoms with van der Waals surface area (Å²) in [6.07, 6.45) is 4.53. The molecule has 27 heavy (non-hydrogen) atoms. The minimum absolute atomic E-state index is 0.0882. The van der Waals surface area contributed by atoms with E-state index in [1.165, 1.54) is 10.9 Å². The average molecular weight is 370 g/mol. The number of hydrogen-bond donors (Lipinski definition) is 0. The molecule has 2 aliphatic rings. The normalized spacial score (nSPS) is 21.0. The van der Waals surface area contributed by atoms with Crippen LogP contribution < -0.4 is 5.56 Å². The Balaban J connectivity index is 1.29. The van der Waals surface area contributed by atoms with Gasteiger partial charge in [-0.15, -0.1) is 0 Å². The number of nitrogens with zero attached hydrogens (tertiary/aromatic N) is 4. The topological polar surface area (TPSA) is 67.7 Å². The molecule has 7 nitrogen and oxygen atoms in total. The van der Waals surface area contributed by atoms with Gasteiger partial charge in [-0.05, 0) is 25.0 Å². The number of carbonyl (C=O) groups is 1. The first-order chi connectivity index (χ1) is 13.2. The van der Waals surface area contributed by atoms with Gasteiger partial charge in [-0.25, -0.2) is 4.98 Å². The number of rotatable bonds is 5. The summed E-state index contributed by atoms with van der Waals surface area (Å²) in [6, 6.07) is 7.29. The SMILES string of the molecule is O=C(CCn1cnc2ccccc2c1=O)N1CCN(CC2CCCO2)CC1. The molecule has 0 N–H and O–H groups in total. The van der Waals surface area contributed by atoms with E-state index in [-0.39, 0.29) is 11.5 Å². The number of benzene rings is 1. The van der Waals surface area contributed by atoms with Crippen LogP contribution in [-0.4, -0.2) is 70.7 Å². The molecule has 1 aromatic carbocycles. The molecule has 1 aromatic heterocycles. The van der Waals surface area contributed by atoms with Crippen LogP contribution in [0.15, 0.2) is 35.4 Å². The van der Waals surface area contributed by atoms with Crippen LogP contribution in [0.25, 0.3) is 10.9 Å². The molecule has 2 saturated heterocycles. The smallest absolute Gasteiger partial charge is 0.261 e. The van der Waals surface area contributed by atoms with Gasteiger partial charge in [-0.1, -0.05) is 12.1 Å². The summed E-state index contributed by atoms with van der Waals surface area (Å²) < 4.78 is 7.23. The van der Waals surface area contributed by atoms with Gasteiger partial charge in [0.05, 0.1) is 23.3 Å². The Morgan fingerprint density at radius 1 is 1.19 bits per heavy atom. The maximum absolute atomic E-state index is 12.5. The second-order valence-electron chi connectivity index (χ2n) is 7.33. The van der Waals surface area contributed by atoms with Gasteiger partial charge in [0, 0.05) is 52.3 Å². The Labute approximate surface area is 158 Å². The largest absolute Gasteiger partial charge is 0.377 e. The third kappa shape index (κ3) is 4.20. The van der Waals surface area contributed by atoms with E-state index in [9.17, 15) is 9.59 Å². The zero-order valence-electron chi connectivity index (χ0n) is 15.5. The van der Waals surface area contributed by atoms with E-state index in [1.54, 1.807) is 6.07 Å². The van der Waals surface area contributed by atoms with Crippen LogP contribution in [-0.2, 0) is 16.1 Å². The lowest BCUT2D eigenvalue weighted by atomic mass is 10.2. The lowest BCUT2D eigenvalue weighted by molar-refractivity contribution is -0.133. The summed E-state index contributed by atoms with van der Waals surface area (Å²) in [6.45, 7) is 5.50. The average Bonchev–Trinajstić information content (AvgIpc) is 3.21. The van der Waals surface area contributed by atoms with Crippen molar-refractivity contribution in [2.24, 2.45) is 0 Å². The van der Waals surface area contributed by atoms with Crippen molar-refractivity contribution in [2.75, 3.05) is 39.3 Å². The van der Waals surface area contributed by atoms with Gasteiger partial charge in [-0.2, -0.15) is 0 Å². The Morgan fingerprint density at radius 2 is 2.00 bits per heavy atom. The van der Waals surface area contributed by atoms with Gasteiger partial charge in [-0.3, -0.25) is 19.1 Å². The van der Waals surface area contributed by atoms with Gasteiger partial charge < -0.3 is 9.64 Å². The Kier molecular flexibility index (Phi) is 5.50. The minimum atomic E-state index is -0.0882. The van der Waals surface area contributed by atoms with Gasteiger partial charge in [0.15, 0.2) is 0 Å². The minimum Gasteiger partial charge on any atom is -0.377 e. The molecule has 2 fully saturated rings. The van der Waals surface area contributed by atoms with Crippen LogP contribution in [0.3, 0.4) is 0 Å². The van der Waals surface area contributed by atoms with Crippen LogP contribution in [0.2, 0.25) is 0 Å². The van der Waals surface area contributed by atoms with Crippen LogP contribution in [0.4, 0.5) is 0 Å². The molecule has 0 bridgehead atoms. The highest BCUT2D eigenvalue weighted by molar-refractivity contribution is 5.77. The van der Waals surface area contributed by atoms with E-state index < -0.39 is 0 Å². The molecule has 0 spiro atoms. The number of ether oxygens (including phenoxy) is 1. The molecular formula is C20H26N4O3. The number of aromatic nitrogens is 2. The maximum Gasteiger partial charge on any atom is 0.261 e. The van der Waals surface area contributed by atoms with Crippen LogP contribution in [0, 0.1) is 0 Å². The molecule has 0 saturated carbocycles. The zero-order valence-corrected chi connectivity index (χ0v) is 15.5. The summed E-state index contributed by atoms with van der Waals surface area (Å²) in [5.41, 5.74) is 0.599. The molecule has 0 aliphatic carbocycles. The van der Waals surface area contributed by atoms with Crippen molar-refractivity contribution in [3.05, 3.63) is 40.9 Å². The molecule has 0 radical (unpaired) electrons. The van der Waals surface area contributed by atoms with Crippen molar-refractivity contribution in [2.45, 2.75) is 31.9 Å². The van der Waals surface area contributed by atoms with Gasteiger partial charge in [0.25, 0.3) is 5.56 Å². The summed E-state index contributed by atoms with van der Waals surface area (Å²) in [7, 11) is 0. The number of carbonyl (C=O) groups excluding carboxylic acids is 1. The van der Waals surface area contributed by atoms with Crippen LogP contribution in [0.5, 0.6) is 0 Å². The lowest BCUT2D eigenvalue weighted by Crippen LogP contribution is -2.50. The third-order valence-corrected chi connectivity index (χ3v) is 5.51. The van der Waals surface area contributed by atoms with E-state index in [0.717, 1.165) is 52.2 Å². The molecule has 3 heterocycles. The summed E-state index contributed by atoms with van der Waals surface area (Å²) in [5.74, 6) is 0.104. The number of hydrogen-bond acceptors (Lipinski definition) is 5. The Bertz CT molecular complexity index is 852. The first-order valence-electron chi connectivity index (χ1n) is 9.76. The van der Waals surface area contributed by atoms with Gasteiger partial charge in [0.2, 0.25) is 5.91 Å². The molecule has 1 unspecified atom stereocenters. The number of piperazine rings is 1. The monoisotopic (exact) mass is 370 g/mol. The van der Waals surface area contributed by atoms with Gasteiger partial charge in [0.1, 0.15) is 0 Å². The summed E-state index contributed by atoms with van der Waals surface area (Å²) >= 11 is 0. The van der Waals surface area contributed by atoms with Crippen LogP contribution in [0.1, 0.15) is 19.3 Å². The maximum atomic E-state index is 12.5. The van der Waals surface area contributed by atoms with Gasteiger partial charge >= 0.3 is 0 Å². The van der Waals surface area contributed by atoms with Crippen LogP contribution >= 0.6 is 0 Å². The van der Waals surface area contributed by atoms with Crippen molar-refractivity contribution >= 4 is 16.8 Å². The molecule has 2 aliphatic heterocycles. The van der Waals surface area contributed by atoms with E-state index in [4.69, 9.17) is 4.74 Å². The van der Waals surface area contributed by atoms with E-state index in [1.807, 2.05) is 23.1 Å². The lowest BCUT2D eigenvalue weighted by Gasteiger charge is -2.35. The quantitative estimate of drug-likeness (QED) is 0.789. The molecule has 144 valence electrons. The highest BCUT2D eigenvalue weighted by atomic mass is 16.5. The second-order valence-corrected chi connectivity index (χ2v) is 7.33. The van der Waals surface area contributed by atoms with Crippen molar-refractivity contribution in [3.63, 3.8) is 0 Å². The molecular weight excluding hydrogens is 344 g/mol. The fourth-order valence-electron chi connectivity index (χ4n) is 3.90. The zero-order chi connectivity index (χ0) is 18.6. The van der Waals surface area contributed by atoms with Crippen molar-refractivity contribution in [1.29, 1.82) is 0 Å². The highest BCUT2D eigenvalue weighted by Crippen LogP contribution is 2.15. The van der Waals surface area contributed by atoms with Crippen molar-refractivity contribution in [3.8, 4) is 0 Å².